The number of hydrogen-bond acceptors (Lipinski definition) is 6. The van der Waals surface area contributed by atoms with Crippen LogP contribution in [0, 0.1) is 0 Å². The molecular weight excluding hydrogens is 924 g/mol. The molecule has 0 aliphatic carbocycles. The van der Waals surface area contributed by atoms with Gasteiger partial charge >= 0.3 is 0 Å². The van der Waals surface area contributed by atoms with E-state index in [4.69, 9.17) is 9.05 Å². The Kier molecular flexibility index (Phi) is 54.5. The topological polar surface area (TPSA) is 108 Å². The Morgan fingerprint density at radius 3 is 1.11 bits per heavy atom. The molecule has 0 spiro atoms. The van der Waals surface area contributed by atoms with Gasteiger partial charge in [0.1, 0.15) is 13.2 Å². The minimum atomic E-state index is -4.60. The molecule has 0 heterocycles. The van der Waals surface area contributed by atoms with Crippen LogP contribution in [0.3, 0.4) is 0 Å². The van der Waals surface area contributed by atoms with Crippen LogP contribution in [0.1, 0.15) is 316 Å². The molecule has 0 rings (SSSR count). The summed E-state index contributed by atoms with van der Waals surface area (Å²) in [5, 5.41) is 13.9. The highest BCUT2D eigenvalue weighted by Gasteiger charge is 2.23. The number of nitrogens with zero attached hydrogens (tertiary/aromatic N) is 1. The molecule has 0 aromatic heterocycles. The first-order valence-corrected chi connectivity index (χ1v) is 33.3. The molecule has 73 heavy (non-hydrogen) atoms. The first kappa shape index (κ1) is 71.7. The van der Waals surface area contributed by atoms with Crippen molar-refractivity contribution < 1.29 is 32.9 Å². The summed E-state index contributed by atoms with van der Waals surface area (Å²) in [6.07, 6.45) is 72.6. The number of rotatable bonds is 59. The van der Waals surface area contributed by atoms with E-state index in [1.54, 1.807) is 6.08 Å². The van der Waals surface area contributed by atoms with Crippen molar-refractivity contribution in [3.05, 3.63) is 36.5 Å². The lowest BCUT2D eigenvalue weighted by Crippen LogP contribution is -2.45. The van der Waals surface area contributed by atoms with Crippen LogP contribution in [-0.2, 0) is 18.4 Å². The van der Waals surface area contributed by atoms with Crippen LogP contribution in [-0.4, -0.2) is 68.5 Å². The van der Waals surface area contributed by atoms with E-state index in [9.17, 15) is 19.4 Å². The van der Waals surface area contributed by atoms with E-state index in [1.165, 1.54) is 257 Å². The predicted octanol–water partition coefficient (Wildman–Crippen LogP) is 19.1. The summed E-state index contributed by atoms with van der Waals surface area (Å²) in [7, 11) is 1.25. The first-order chi connectivity index (χ1) is 35.5. The van der Waals surface area contributed by atoms with E-state index in [1.807, 2.05) is 27.2 Å². The van der Waals surface area contributed by atoms with E-state index in [0.717, 1.165) is 38.5 Å². The van der Waals surface area contributed by atoms with Gasteiger partial charge in [0, 0.05) is 6.42 Å². The number of aliphatic hydroxyl groups is 1. The predicted molar refractivity (Wildman–Crippen MR) is 316 cm³/mol. The van der Waals surface area contributed by atoms with Crippen LogP contribution in [0.4, 0.5) is 0 Å². The van der Waals surface area contributed by atoms with Crippen molar-refractivity contribution >= 4 is 13.7 Å². The number of quaternary nitrogens is 1. The van der Waals surface area contributed by atoms with Gasteiger partial charge in [0.15, 0.2) is 0 Å². The summed E-state index contributed by atoms with van der Waals surface area (Å²) < 4.78 is 23.3. The molecule has 432 valence electrons. The Labute approximate surface area is 455 Å². The Bertz CT molecular complexity index is 1280. The van der Waals surface area contributed by atoms with Crippen molar-refractivity contribution in [2.45, 2.75) is 328 Å². The molecule has 9 heteroatoms. The normalized spacial score (nSPS) is 14.0. The highest BCUT2D eigenvalue weighted by molar-refractivity contribution is 7.45. The van der Waals surface area contributed by atoms with Crippen molar-refractivity contribution in [1.29, 1.82) is 0 Å². The quantitative estimate of drug-likeness (QED) is 0.0272. The third-order valence-corrected chi connectivity index (χ3v) is 15.5. The van der Waals surface area contributed by atoms with E-state index >= 15 is 0 Å². The molecule has 0 saturated heterocycles. The summed E-state index contributed by atoms with van der Waals surface area (Å²) in [6.45, 7) is 4.66. The Morgan fingerprint density at radius 2 is 0.767 bits per heavy atom. The van der Waals surface area contributed by atoms with E-state index in [0.29, 0.717) is 17.4 Å². The number of allylic oxidation sites excluding steroid dienone is 5. The van der Waals surface area contributed by atoms with Crippen LogP contribution in [0.2, 0.25) is 0 Å². The maximum absolute atomic E-state index is 13.0. The molecule has 0 aromatic rings. The van der Waals surface area contributed by atoms with Crippen LogP contribution in [0.25, 0.3) is 0 Å². The lowest BCUT2D eigenvalue weighted by Gasteiger charge is -2.29. The average molecular weight is 1050 g/mol. The maximum atomic E-state index is 13.0. The SMILES string of the molecule is CCCCCCCCCCCC/C=C/CC/C=C/C(O)C(COP(=O)([O-])OCC[N+](C)(C)C)NC(=O)CCCCCCCCCCCCCCCCCCC/C=C\CCCCCCCCCCCCCCCC. The number of likely N-dealkylation sites (N-methyl/N-ethyl adjacent to an activating group) is 1. The van der Waals surface area contributed by atoms with Crippen LogP contribution in [0.5, 0.6) is 0 Å². The number of carbonyl (C=O) groups is 1. The number of phosphoric ester groups is 1. The molecule has 3 atom stereocenters. The van der Waals surface area contributed by atoms with Gasteiger partial charge in [-0.2, -0.15) is 0 Å². The van der Waals surface area contributed by atoms with Gasteiger partial charge in [-0.3, -0.25) is 9.36 Å². The Morgan fingerprint density at radius 1 is 0.466 bits per heavy atom. The fourth-order valence-corrected chi connectivity index (χ4v) is 10.3. The third-order valence-electron chi connectivity index (χ3n) is 14.6. The monoisotopic (exact) mass is 1050 g/mol. The average Bonchev–Trinajstić information content (AvgIpc) is 3.35. The van der Waals surface area contributed by atoms with Crippen molar-refractivity contribution in [2.75, 3.05) is 40.9 Å². The number of phosphoric acid groups is 1. The Hall–Kier alpha value is -1.28. The van der Waals surface area contributed by atoms with Crippen molar-refractivity contribution in [2.24, 2.45) is 0 Å². The van der Waals surface area contributed by atoms with Gasteiger partial charge in [0.2, 0.25) is 5.91 Å². The summed E-state index contributed by atoms with van der Waals surface area (Å²) in [6, 6.07) is -0.902. The molecule has 0 saturated carbocycles. The molecule has 0 radical (unpaired) electrons. The van der Waals surface area contributed by atoms with Gasteiger partial charge in [-0.15, -0.1) is 0 Å². The summed E-state index contributed by atoms with van der Waals surface area (Å²) >= 11 is 0. The second-order valence-corrected chi connectivity index (χ2v) is 24.5. The van der Waals surface area contributed by atoms with Gasteiger partial charge in [-0.05, 0) is 57.8 Å². The van der Waals surface area contributed by atoms with Crippen molar-refractivity contribution in [3.63, 3.8) is 0 Å². The van der Waals surface area contributed by atoms with Crippen molar-refractivity contribution in [3.8, 4) is 0 Å². The molecule has 0 fully saturated rings. The van der Waals surface area contributed by atoms with Crippen molar-refractivity contribution in [1.82, 2.24) is 5.32 Å². The molecule has 0 aromatic carbocycles. The number of hydrogen-bond donors (Lipinski definition) is 2. The summed E-state index contributed by atoms with van der Waals surface area (Å²) in [5.41, 5.74) is 0. The molecular formula is C64H125N2O6P. The lowest BCUT2D eigenvalue weighted by molar-refractivity contribution is -0.870. The molecule has 8 nitrogen and oxygen atoms in total. The molecule has 2 N–H and O–H groups in total. The van der Waals surface area contributed by atoms with Gasteiger partial charge in [-0.25, -0.2) is 0 Å². The molecule has 1 amide bonds. The van der Waals surface area contributed by atoms with Gasteiger partial charge in [-0.1, -0.05) is 288 Å². The first-order valence-electron chi connectivity index (χ1n) is 31.9. The van der Waals surface area contributed by atoms with Crippen LogP contribution in [0.15, 0.2) is 36.5 Å². The number of nitrogens with one attached hydrogen (secondary N) is 1. The fraction of sp³-hybridized carbons (Fsp3) is 0.891. The van der Waals surface area contributed by atoms with E-state index in [-0.39, 0.29) is 19.1 Å². The second kappa shape index (κ2) is 55.5. The zero-order valence-corrected chi connectivity index (χ0v) is 50.3. The lowest BCUT2D eigenvalue weighted by atomic mass is 10.0. The van der Waals surface area contributed by atoms with Crippen LogP contribution >= 0.6 is 7.82 Å². The third kappa shape index (κ3) is 58.2. The Balaban J connectivity index is 4.00. The maximum Gasteiger partial charge on any atom is 0.268 e. The smallest absolute Gasteiger partial charge is 0.268 e. The molecule has 0 bridgehead atoms. The van der Waals surface area contributed by atoms with Crippen LogP contribution < -0.4 is 10.2 Å². The summed E-state index contributed by atoms with van der Waals surface area (Å²) in [5.74, 6) is -0.202. The second-order valence-electron chi connectivity index (χ2n) is 23.1. The largest absolute Gasteiger partial charge is 0.756 e. The molecule has 0 aliphatic heterocycles. The number of aliphatic hydroxyl groups excluding tert-OH is 1. The van der Waals surface area contributed by atoms with Gasteiger partial charge < -0.3 is 28.8 Å². The number of amides is 1. The van der Waals surface area contributed by atoms with Gasteiger partial charge in [0.25, 0.3) is 7.82 Å². The standard InChI is InChI=1S/C64H125N2O6P/c1-6-8-10-12-14-16-18-20-22-24-25-26-27-28-29-30-31-32-33-34-35-36-37-38-39-40-41-42-44-46-48-50-52-54-56-58-64(68)65-62(61-72-73(69,70)71-60-59-66(3,4)5)63(67)57-55-53-51-49-47-45-43-23-21-19-17-15-13-11-9-7-2/h30-31,47,49,55,57,62-63,67H,6-29,32-46,48,50-54,56,58-61H2,1-5H3,(H-,65,68,69,70)/b31-30-,49-47+,57-55+. The van der Waals surface area contributed by atoms with E-state index in [2.05, 4.69) is 43.5 Å². The minimum Gasteiger partial charge on any atom is -0.756 e. The molecule has 0 aliphatic rings. The highest BCUT2D eigenvalue weighted by atomic mass is 31.2. The minimum absolute atomic E-state index is 0.00498. The summed E-state index contributed by atoms with van der Waals surface area (Å²) in [4.78, 5) is 25.5. The number of carbonyl (C=O) groups excluding carboxylic acids is 1. The number of unbranched alkanes of at least 4 members (excludes halogenated alkanes) is 42. The van der Waals surface area contributed by atoms with Gasteiger partial charge in [0.05, 0.1) is 39.9 Å². The van der Waals surface area contributed by atoms with E-state index < -0.39 is 20.0 Å². The zero-order chi connectivity index (χ0) is 53.5. The fourth-order valence-electron chi connectivity index (χ4n) is 9.58. The zero-order valence-electron chi connectivity index (χ0n) is 49.4. The molecule has 3 unspecified atom stereocenters. The highest BCUT2D eigenvalue weighted by Crippen LogP contribution is 2.38.